The molecule has 22 heavy (non-hydrogen) atoms. The second kappa shape index (κ2) is 5.71. The maximum Gasteiger partial charge on any atom is 0.229 e. The molecule has 0 atom stereocenters. The lowest BCUT2D eigenvalue weighted by Crippen LogP contribution is -2.16. The molecular weight excluding hydrogens is 285 g/mol. The van der Waals surface area contributed by atoms with Crippen LogP contribution in [0.25, 0.3) is 11.3 Å². The molecule has 3 rings (SSSR count). The van der Waals surface area contributed by atoms with Crippen LogP contribution < -0.4 is 10.1 Å². The summed E-state index contributed by atoms with van der Waals surface area (Å²) in [5.74, 6) is 0.194. The molecule has 1 heterocycles. The lowest BCUT2D eigenvalue weighted by Gasteiger charge is -2.10. The van der Waals surface area contributed by atoms with E-state index in [4.69, 9.17) is 4.74 Å². The van der Waals surface area contributed by atoms with Crippen molar-refractivity contribution in [3.63, 3.8) is 0 Å². The fourth-order valence-electron chi connectivity index (χ4n) is 2.15. The lowest BCUT2D eigenvalue weighted by atomic mass is 10.1. The van der Waals surface area contributed by atoms with Gasteiger partial charge in [-0.3, -0.25) is 10.1 Å². The van der Waals surface area contributed by atoms with Crippen molar-refractivity contribution in [3.05, 3.63) is 35.8 Å². The van der Waals surface area contributed by atoms with E-state index in [0.29, 0.717) is 17.0 Å². The number of halogens is 1. The Morgan fingerprint density at radius 1 is 1.41 bits per heavy atom. The molecule has 6 heteroatoms. The quantitative estimate of drug-likeness (QED) is 0.943. The Hall–Kier alpha value is -2.50. The minimum atomic E-state index is -0.430. The van der Waals surface area contributed by atoms with Gasteiger partial charge in [-0.15, -0.1) is 0 Å². The summed E-state index contributed by atoms with van der Waals surface area (Å²) >= 11 is 0. The number of nitrogens with zero attached hydrogens (tertiary/aromatic N) is 2. The number of benzene rings is 1. The van der Waals surface area contributed by atoms with Gasteiger partial charge in [0.05, 0.1) is 12.8 Å². The van der Waals surface area contributed by atoms with Crippen molar-refractivity contribution in [2.75, 3.05) is 12.4 Å². The Morgan fingerprint density at radius 3 is 2.82 bits per heavy atom. The Kier molecular flexibility index (Phi) is 3.75. The average Bonchev–Trinajstić information content (AvgIpc) is 3.34. The molecule has 1 N–H and O–H groups in total. The van der Waals surface area contributed by atoms with Crippen LogP contribution in [-0.4, -0.2) is 23.0 Å². The highest BCUT2D eigenvalue weighted by Crippen LogP contribution is 2.31. The van der Waals surface area contributed by atoms with E-state index in [-0.39, 0.29) is 17.8 Å². The summed E-state index contributed by atoms with van der Waals surface area (Å²) in [5.41, 5.74) is 1.54. The topological polar surface area (TPSA) is 64.1 Å². The molecule has 2 aromatic rings. The molecule has 1 aliphatic rings. The Labute approximate surface area is 127 Å². The zero-order valence-electron chi connectivity index (χ0n) is 12.4. The van der Waals surface area contributed by atoms with E-state index in [1.54, 1.807) is 25.3 Å². The number of rotatable bonds is 4. The number of carbonyl (C=O) groups is 1. The molecule has 1 aliphatic carbocycles. The Morgan fingerprint density at radius 2 is 2.18 bits per heavy atom. The van der Waals surface area contributed by atoms with Gasteiger partial charge in [-0.1, -0.05) is 0 Å². The molecule has 1 saturated carbocycles. The third-order valence-corrected chi connectivity index (χ3v) is 3.59. The molecule has 114 valence electrons. The van der Waals surface area contributed by atoms with Crippen LogP contribution in [0.2, 0.25) is 0 Å². The van der Waals surface area contributed by atoms with E-state index in [1.165, 1.54) is 13.2 Å². The maximum absolute atomic E-state index is 14.2. The standard InChI is InChI=1S/C16H16FN3O2/c1-9-8-18-16(20-15(21)10-3-4-10)19-14(9)12-6-5-11(22-2)7-13(12)17/h5-8,10H,3-4H2,1-2H3,(H,18,19,20,21). The van der Waals surface area contributed by atoms with Crippen molar-refractivity contribution in [1.82, 2.24) is 9.97 Å². The van der Waals surface area contributed by atoms with Gasteiger partial charge >= 0.3 is 0 Å². The van der Waals surface area contributed by atoms with Crippen LogP contribution in [0.1, 0.15) is 18.4 Å². The molecule has 0 unspecified atom stereocenters. The van der Waals surface area contributed by atoms with E-state index in [9.17, 15) is 9.18 Å². The first-order chi connectivity index (χ1) is 10.6. The highest BCUT2D eigenvalue weighted by molar-refractivity contribution is 5.92. The van der Waals surface area contributed by atoms with E-state index in [0.717, 1.165) is 18.4 Å². The van der Waals surface area contributed by atoms with Crippen LogP contribution in [0, 0.1) is 18.7 Å². The molecule has 1 fully saturated rings. The highest BCUT2D eigenvalue weighted by Gasteiger charge is 2.30. The van der Waals surface area contributed by atoms with Gasteiger partial charge in [0, 0.05) is 23.7 Å². The third-order valence-electron chi connectivity index (χ3n) is 3.59. The van der Waals surface area contributed by atoms with Gasteiger partial charge in [0.2, 0.25) is 11.9 Å². The smallest absolute Gasteiger partial charge is 0.229 e. The van der Waals surface area contributed by atoms with Crippen LogP contribution in [0.15, 0.2) is 24.4 Å². The van der Waals surface area contributed by atoms with Crippen LogP contribution >= 0.6 is 0 Å². The SMILES string of the molecule is COc1ccc(-c2nc(NC(=O)C3CC3)ncc2C)c(F)c1. The van der Waals surface area contributed by atoms with E-state index < -0.39 is 5.82 Å². The summed E-state index contributed by atoms with van der Waals surface area (Å²) in [6.07, 6.45) is 3.38. The average molecular weight is 301 g/mol. The molecule has 0 bridgehead atoms. The second-order valence-corrected chi connectivity index (χ2v) is 5.33. The van der Waals surface area contributed by atoms with Crippen molar-refractivity contribution >= 4 is 11.9 Å². The fraction of sp³-hybridized carbons (Fsp3) is 0.312. The molecule has 0 saturated heterocycles. The zero-order chi connectivity index (χ0) is 15.7. The number of anilines is 1. The van der Waals surface area contributed by atoms with Gasteiger partial charge in [0.25, 0.3) is 0 Å². The third kappa shape index (κ3) is 2.90. The van der Waals surface area contributed by atoms with Crippen molar-refractivity contribution < 1.29 is 13.9 Å². The predicted molar refractivity (Wildman–Crippen MR) is 80.1 cm³/mol. The van der Waals surface area contributed by atoms with Gasteiger partial charge in [-0.05, 0) is 37.5 Å². The molecule has 5 nitrogen and oxygen atoms in total. The molecular formula is C16H16FN3O2. The predicted octanol–water partition coefficient (Wildman–Crippen LogP) is 2.95. The number of aromatic nitrogens is 2. The first-order valence-electron chi connectivity index (χ1n) is 7.07. The summed E-state index contributed by atoms with van der Waals surface area (Å²) in [6, 6.07) is 4.58. The maximum atomic E-state index is 14.2. The van der Waals surface area contributed by atoms with Crippen molar-refractivity contribution in [1.29, 1.82) is 0 Å². The van der Waals surface area contributed by atoms with Crippen LogP contribution in [-0.2, 0) is 4.79 Å². The van der Waals surface area contributed by atoms with E-state index in [2.05, 4.69) is 15.3 Å². The van der Waals surface area contributed by atoms with Gasteiger partial charge in [-0.2, -0.15) is 0 Å². The summed E-state index contributed by atoms with van der Waals surface area (Å²) < 4.78 is 19.2. The Bertz CT molecular complexity index is 729. The molecule has 1 amide bonds. The Balaban J connectivity index is 1.93. The lowest BCUT2D eigenvalue weighted by molar-refractivity contribution is -0.117. The summed E-state index contributed by atoms with van der Waals surface area (Å²) in [6.45, 7) is 1.80. The number of amides is 1. The van der Waals surface area contributed by atoms with Crippen LogP contribution in [0.4, 0.5) is 10.3 Å². The first-order valence-corrected chi connectivity index (χ1v) is 7.07. The summed E-state index contributed by atoms with van der Waals surface area (Å²) in [4.78, 5) is 20.1. The number of aryl methyl sites for hydroxylation is 1. The van der Waals surface area contributed by atoms with Crippen LogP contribution in [0.3, 0.4) is 0 Å². The molecule has 1 aromatic carbocycles. The minimum Gasteiger partial charge on any atom is -0.497 e. The first kappa shape index (κ1) is 14.4. The fourth-order valence-corrected chi connectivity index (χ4v) is 2.15. The van der Waals surface area contributed by atoms with Crippen LogP contribution in [0.5, 0.6) is 5.75 Å². The zero-order valence-corrected chi connectivity index (χ0v) is 12.4. The minimum absolute atomic E-state index is 0.0612. The number of ether oxygens (including phenoxy) is 1. The van der Waals surface area contributed by atoms with Crippen molar-refractivity contribution in [2.45, 2.75) is 19.8 Å². The number of methoxy groups -OCH3 is 1. The van der Waals surface area contributed by atoms with Crippen molar-refractivity contribution in [3.8, 4) is 17.0 Å². The molecule has 0 radical (unpaired) electrons. The number of nitrogens with one attached hydrogen (secondary N) is 1. The number of hydrogen-bond acceptors (Lipinski definition) is 4. The largest absolute Gasteiger partial charge is 0.497 e. The summed E-state index contributed by atoms with van der Waals surface area (Å²) in [7, 11) is 1.48. The molecule has 0 spiro atoms. The molecule has 1 aromatic heterocycles. The van der Waals surface area contributed by atoms with Gasteiger partial charge in [-0.25, -0.2) is 14.4 Å². The number of hydrogen-bond donors (Lipinski definition) is 1. The van der Waals surface area contributed by atoms with Gasteiger partial charge in [0.15, 0.2) is 0 Å². The number of carbonyl (C=O) groups excluding carboxylic acids is 1. The van der Waals surface area contributed by atoms with Gasteiger partial charge in [0.1, 0.15) is 11.6 Å². The van der Waals surface area contributed by atoms with Gasteiger partial charge < -0.3 is 4.74 Å². The van der Waals surface area contributed by atoms with E-state index >= 15 is 0 Å². The molecule has 0 aliphatic heterocycles. The normalized spacial score (nSPS) is 13.8. The second-order valence-electron chi connectivity index (χ2n) is 5.33. The van der Waals surface area contributed by atoms with E-state index in [1.807, 2.05) is 0 Å². The van der Waals surface area contributed by atoms with Crippen molar-refractivity contribution in [2.24, 2.45) is 5.92 Å². The monoisotopic (exact) mass is 301 g/mol. The summed E-state index contributed by atoms with van der Waals surface area (Å²) in [5, 5.41) is 2.67. The highest BCUT2D eigenvalue weighted by atomic mass is 19.1.